The van der Waals surface area contributed by atoms with E-state index in [0.717, 1.165) is 10.7 Å². The van der Waals surface area contributed by atoms with Crippen LogP contribution in [0.3, 0.4) is 0 Å². The molecule has 0 bridgehead atoms. The third kappa shape index (κ3) is 2.87. The Morgan fingerprint density at radius 2 is 1.94 bits per heavy atom. The number of hydrogen-bond donors (Lipinski definition) is 1. The van der Waals surface area contributed by atoms with Gasteiger partial charge < -0.3 is 5.32 Å². The second kappa shape index (κ2) is 5.18. The molecule has 0 aliphatic rings. The Labute approximate surface area is 103 Å². The molecule has 5 heteroatoms. The molecule has 0 saturated heterocycles. The topological polar surface area (TPSA) is 37.8 Å². The van der Waals surface area contributed by atoms with Crippen molar-refractivity contribution in [2.75, 3.05) is 11.6 Å². The number of para-hydroxylation sites is 1. The lowest BCUT2D eigenvalue weighted by Gasteiger charge is -2.05. The summed E-state index contributed by atoms with van der Waals surface area (Å²) in [6.45, 7) is 0. The molecule has 0 aliphatic heterocycles. The fourth-order valence-corrected chi connectivity index (χ4v) is 1.86. The van der Waals surface area contributed by atoms with Gasteiger partial charge >= 0.3 is 0 Å². The lowest BCUT2D eigenvalue weighted by molar-refractivity contribution is 1.06. The largest absolute Gasteiger partial charge is 0.324 e. The minimum absolute atomic E-state index is 0.442. The SMILES string of the molecule is CSc1cc(Cl)nc(Nc2ccccc2)n1. The molecule has 0 aliphatic carbocycles. The molecular formula is C11H10ClN3S. The van der Waals surface area contributed by atoms with Crippen LogP contribution in [0.4, 0.5) is 11.6 Å². The van der Waals surface area contributed by atoms with E-state index in [4.69, 9.17) is 11.6 Å². The van der Waals surface area contributed by atoms with Gasteiger partial charge in [0, 0.05) is 11.8 Å². The van der Waals surface area contributed by atoms with E-state index in [2.05, 4.69) is 15.3 Å². The van der Waals surface area contributed by atoms with Gasteiger partial charge in [-0.25, -0.2) is 9.97 Å². The van der Waals surface area contributed by atoms with Gasteiger partial charge in [0.25, 0.3) is 0 Å². The first-order chi connectivity index (χ1) is 7.78. The summed E-state index contributed by atoms with van der Waals surface area (Å²) in [6, 6.07) is 11.5. The van der Waals surface area contributed by atoms with Crippen molar-refractivity contribution in [2.45, 2.75) is 5.03 Å². The van der Waals surface area contributed by atoms with Crippen LogP contribution in [0.2, 0.25) is 5.15 Å². The third-order valence-corrected chi connectivity index (χ3v) is 2.73. The molecule has 3 nitrogen and oxygen atoms in total. The van der Waals surface area contributed by atoms with E-state index in [0.29, 0.717) is 11.1 Å². The molecule has 0 fully saturated rings. The summed E-state index contributed by atoms with van der Waals surface area (Å²) < 4.78 is 0. The normalized spacial score (nSPS) is 10.1. The third-order valence-electron chi connectivity index (χ3n) is 1.91. The maximum Gasteiger partial charge on any atom is 0.229 e. The van der Waals surface area contributed by atoms with E-state index in [-0.39, 0.29) is 0 Å². The second-order valence-corrected chi connectivity index (χ2v) is 4.26. The van der Waals surface area contributed by atoms with Crippen molar-refractivity contribution in [1.82, 2.24) is 9.97 Å². The van der Waals surface area contributed by atoms with Gasteiger partial charge in [-0.3, -0.25) is 0 Å². The Bertz CT molecular complexity index is 476. The molecule has 0 amide bonds. The Hall–Kier alpha value is -1.26. The molecule has 1 heterocycles. The Morgan fingerprint density at radius 1 is 1.19 bits per heavy atom. The van der Waals surface area contributed by atoms with E-state index in [1.165, 1.54) is 11.8 Å². The van der Waals surface area contributed by atoms with Crippen molar-refractivity contribution in [2.24, 2.45) is 0 Å². The van der Waals surface area contributed by atoms with Gasteiger partial charge in [0.1, 0.15) is 10.2 Å². The van der Waals surface area contributed by atoms with Crippen LogP contribution >= 0.6 is 23.4 Å². The van der Waals surface area contributed by atoms with Crippen LogP contribution in [0.25, 0.3) is 0 Å². The number of aromatic nitrogens is 2. The molecule has 1 aromatic heterocycles. The minimum atomic E-state index is 0.442. The van der Waals surface area contributed by atoms with Crippen LogP contribution in [-0.4, -0.2) is 16.2 Å². The fourth-order valence-electron chi connectivity index (χ4n) is 1.21. The van der Waals surface area contributed by atoms with Crippen molar-refractivity contribution in [3.8, 4) is 0 Å². The molecule has 0 atom stereocenters. The number of hydrogen-bond acceptors (Lipinski definition) is 4. The minimum Gasteiger partial charge on any atom is -0.324 e. The highest BCUT2D eigenvalue weighted by Crippen LogP contribution is 2.20. The van der Waals surface area contributed by atoms with Crippen LogP contribution in [0.1, 0.15) is 0 Å². The molecule has 2 aromatic rings. The van der Waals surface area contributed by atoms with Gasteiger partial charge in [0.15, 0.2) is 0 Å². The zero-order valence-electron chi connectivity index (χ0n) is 8.64. The van der Waals surface area contributed by atoms with Gasteiger partial charge in [0.2, 0.25) is 5.95 Å². The Morgan fingerprint density at radius 3 is 2.62 bits per heavy atom. The maximum absolute atomic E-state index is 5.89. The van der Waals surface area contributed by atoms with Crippen molar-refractivity contribution in [1.29, 1.82) is 0 Å². The molecule has 1 N–H and O–H groups in total. The van der Waals surface area contributed by atoms with Crippen molar-refractivity contribution < 1.29 is 0 Å². The maximum atomic E-state index is 5.89. The molecule has 0 saturated carbocycles. The number of halogens is 1. The second-order valence-electron chi connectivity index (χ2n) is 3.05. The lowest BCUT2D eigenvalue weighted by Crippen LogP contribution is -1.97. The van der Waals surface area contributed by atoms with E-state index < -0.39 is 0 Å². The molecule has 1 aromatic carbocycles. The molecule has 2 rings (SSSR count). The number of benzene rings is 1. The van der Waals surface area contributed by atoms with E-state index >= 15 is 0 Å². The van der Waals surface area contributed by atoms with Crippen LogP contribution in [-0.2, 0) is 0 Å². The van der Waals surface area contributed by atoms with Crippen molar-refractivity contribution in [3.63, 3.8) is 0 Å². The van der Waals surface area contributed by atoms with Gasteiger partial charge in [-0.15, -0.1) is 11.8 Å². The monoisotopic (exact) mass is 251 g/mol. The summed E-state index contributed by atoms with van der Waals surface area (Å²) in [5.74, 6) is 0.517. The molecule has 16 heavy (non-hydrogen) atoms. The van der Waals surface area contributed by atoms with E-state index in [9.17, 15) is 0 Å². The summed E-state index contributed by atoms with van der Waals surface area (Å²) in [7, 11) is 0. The number of rotatable bonds is 3. The molecule has 0 radical (unpaired) electrons. The summed E-state index contributed by atoms with van der Waals surface area (Å²) in [5, 5.41) is 4.39. The van der Waals surface area contributed by atoms with Gasteiger partial charge in [-0.1, -0.05) is 29.8 Å². The van der Waals surface area contributed by atoms with Crippen molar-refractivity contribution >= 4 is 35.0 Å². The molecular weight excluding hydrogens is 242 g/mol. The fraction of sp³-hybridized carbons (Fsp3) is 0.0909. The average molecular weight is 252 g/mol. The summed E-state index contributed by atoms with van der Waals surface area (Å²) in [4.78, 5) is 8.41. The van der Waals surface area contributed by atoms with Gasteiger partial charge in [-0.2, -0.15) is 0 Å². The highest BCUT2D eigenvalue weighted by Gasteiger charge is 2.02. The van der Waals surface area contributed by atoms with Crippen LogP contribution in [0.15, 0.2) is 41.4 Å². The molecule has 0 spiro atoms. The van der Waals surface area contributed by atoms with Crippen molar-refractivity contribution in [3.05, 3.63) is 41.6 Å². The smallest absolute Gasteiger partial charge is 0.229 e. The zero-order valence-corrected chi connectivity index (χ0v) is 10.2. The quantitative estimate of drug-likeness (QED) is 0.668. The Balaban J connectivity index is 2.24. The lowest BCUT2D eigenvalue weighted by atomic mass is 10.3. The first-order valence-corrected chi connectivity index (χ1v) is 6.29. The predicted octanol–water partition coefficient (Wildman–Crippen LogP) is 3.60. The van der Waals surface area contributed by atoms with Crippen LogP contribution < -0.4 is 5.32 Å². The number of nitrogens with zero attached hydrogens (tertiary/aromatic N) is 2. The summed E-state index contributed by atoms with van der Waals surface area (Å²) >= 11 is 7.42. The van der Waals surface area contributed by atoms with E-state index in [1.54, 1.807) is 6.07 Å². The number of nitrogens with one attached hydrogen (secondary N) is 1. The zero-order chi connectivity index (χ0) is 11.4. The predicted molar refractivity (Wildman–Crippen MR) is 68.5 cm³/mol. The number of thioether (sulfide) groups is 1. The van der Waals surface area contributed by atoms with Gasteiger partial charge in [0.05, 0.1) is 0 Å². The first kappa shape index (κ1) is 11.2. The molecule has 0 unspecified atom stereocenters. The van der Waals surface area contributed by atoms with E-state index in [1.807, 2.05) is 36.6 Å². The van der Waals surface area contributed by atoms with Gasteiger partial charge in [-0.05, 0) is 18.4 Å². The summed E-state index contributed by atoms with van der Waals surface area (Å²) in [6.07, 6.45) is 1.95. The van der Waals surface area contributed by atoms with Crippen LogP contribution in [0.5, 0.6) is 0 Å². The standard InChI is InChI=1S/C11H10ClN3S/c1-16-10-7-9(12)14-11(15-10)13-8-5-3-2-4-6-8/h2-7H,1H3,(H,13,14,15). The number of anilines is 2. The highest BCUT2D eigenvalue weighted by molar-refractivity contribution is 7.98. The first-order valence-electron chi connectivity index (χ1n) is 4.68. The van der Waals surface area contributed by atoms with Crippen LogP contribution in [0, 0.1) is 0 Å². The highest BCUT2D eigenvalue weighted by atomic mass is 35.5. The summed E-state index contributed by atoms with van der Waals surface area (Å²) in [5.41, 5.74) is 0.941. The average Bonchev–Trinajstić information content (AvgIpc) is 2.29. The molecule has 82 valence electrons. The Kier molecular flexibility index (Phi) is 3.64.